The average molecular weight is 351 g/mol. The average Bonchev–Trinajstić information content (AvgIpc) is 2.96. The van der Waals surface area contributed by atoms with Crippen LogP contribution in [0.5, 0.6) is 0 Å². The summed E-state index contributed by atoms with van der Waals surface area (Å²) in [6.07, 6.45) is 0. The number of hydrogen-bond acceptors (Lipinski definition) is 4. The lowest BCUT2D eigenvalue weighted by atomic mass is 10.2. The normalized spacial score (nSPS) is 10.7. The fourth-order valence-corrected chi connectivity index (χ4v) is 2.72. The van der Waals surface area contributed by atoms with Crippen molar-refractivity contribution in [2.45, 2.75) is 26.9 Å². The van der Waals surface area contributed by atoms with Crippen molar-refractivity contribution < 1.29 is 4.79 Å². The Hall–Kier alpha value is -3.22. The second kappa shape index (κ2) is 7.35. The quantitative estimate of drug-likeness (QED) is 0.701. The number of aromatic nitrogens is 4. The van der Waals surface area contributed by atoms with Gasteiger partial charge in [0.15, 0.2) is 5.82 Å². The minimum absolute atomic E-state index is 0.116. The maximum Gasteiger partial charge on any atom is 0.267 e. The van der Waals surface area contributed by atoms with Crippen molar-refractivity contribution in [1.29, 1.82) is 0 Å². The van der Waals surface area contributed by atoms with Crippen LogP contribution in [-0.2, 0) is 17.9 Å². The molecule has 2 aromatic heterocycles. The van der Waals surface area contributed by atoms with Crippen LogP contribution >= 0.6 is 0 Å². The van der Waals surface area contributed by atoms with Gasteiger partial charge in [-0.2, -0.15) is 5.10 Å². The van der Waals surface area contributed by atoms with Crippen molar-refractivity contribution in [3.8, 4) is 5.82 Å². The zero-order chi connectivity index (χ0) is 18.7. The highest BCUT2D eigenvalue weighted by atomic mass is 16.2. The zero-order valence-corrected chi connectivity index (χ0v) is 15.1. The summed E-state index contributed by atoms with van der Waals surface area (Å²) in [7, 11) is 1.71. The standard InChI is InChI=1S/C19H21N5O2/c1-14-11-15(2)24(20-14)17-9-10-18(25)23(21-17)13-19(26)22(3)12-16-7-5-4-6-8-16/h4-11H,12-13H2,1-3H3. The van der Waals surface area contributed by atoms with Crippen molar-refractivity contribution >= 4 is 5.91 Å². The number of nitrogens with zero attached hydrogens (tertiary/aromatic N) is 5. The molecule has 2 heterocycles. The summed E-state index contributed by atoms with van der Waals surface area (Å²) in [4.78, 5) is 26.2. The molecule has 0 unspecified atom stereocenters. The van der Waals surface area contributed by atoms with Gasteiger partial charge in [-0.15, -0.1) is 5.10 Å². The molecule has 0 N–H and O–H groups in total. The summed E-state index contributed by atoms with van der Waals surface area (Å²) >= 11 is 0. The second-order valence-corrected chi connectivity index (χ2v) is 6.26. The predicted octanol–water partition coefficient (Wildman–Crippen LogP) is 1.70. The largest absolute Gasteiger partial charge is 0.340 e. The molecule has 134 valence electrons. The fraction of sp³-hybridized carbons (Fsp3) is 0.263. The Kier molecular flexibility index (Phi) is 4.97. The van der Waals surface area contributed by atoms with Crippen LogP contribution in [0.1, 0.15) is 17.0 Å². The van der Waals surface area contributed by atoms with Gasteiger partial charge in [0.1, 0.15) is 6.54 Å². The minimum Gasteiger partial charge on any atom is -0.340 e. The SMILES string of the molecule is Cc1cc(C)n(-c2ccc(=O)n(CC(=O)N(C)Cc3ccccc3)n2)n1. The smallest absolute Gasteiger partial charge is 0.267 e. The summed E-state index contributed by atoms with van der Waals surface area (Å²) in [5, 5.41) is 8.67. The van der Waals surface area contributed by atoms with E-state index in [9.17, 15) is 9.59 Å². The van der Waals surface area contributed by atoms with Crippen LogP contribution in [0.15, 0.2) is 53.3 Å². The van der Waals surface area contributed by atoms with Crippen molar-refractivity contribution in [2.24, 2.45) is 0 Å². The van der Waals surface area contributed by atoms with Crippen LogP contribution in [0.4, 0.5) is 0 Å². The van der Waals surface area contributed by atoms with E-state index in [2.05, 4.69) is 10.2 Å². The highest BCUT2D eigenvalue weighted by Crippen LogP contribution is 2.08. The topological polar surface area (TPSA) is 73.0 Å². The molecule has 0 saturated carbocycles. The summed E-state index contributed by atoms with van der Waals surface area (Å²) in [5.74, 6) is 0.322. The van der Waals surface area contributed by atoms with Crippen LogP contribution in [0.25, 0.3) is 5.82 Å². The van der Waals surface area contributed by atoms with E-state index in [1.165, 1.54) is 10.7 Å². The molecule has 7 heteroatoms. The Bertz CT molecular complexity index is 975. The van der Waals surface area contributed by atoms with E-state index in [4.69, 9.17) is 0 Å². The van der Waals surface area contributed by atoms with Gasteiger partial charge >= 0.3 is 0 Å². The van der Waals surface area contributed by atoms with E-state index in [1.807, 2.05) is 50.2 Å². The Labute approximate surface area is 151 Å². The molecule has 26 heavy (non-hydrogen) atoms. The van der Waals surface area contributed by atoms with Gasteiger partial charge in [-0.05, 0) is 31.5 Å². The number of aryl methyl sites for hydroxylation is 2. The Morgan fingerprint density at radius 1 is 1.08 bits per heavy atom. The molecule has 0 saturated heterocycles. The number of hydrogen-bond donors (Lipinski definition) is 0. The van der Waals surface area contributed by atoms with Gasteiger partial charge in [0.05, 0.1) is 5.69 Å². The molecule has 1 aromatic carbocycles. The molecule has 0 spiro atoms. The Balaban J connectivity index is 1.78. The van der Waals surface area contributed by atoms with Crippen molar-refractivity contribution in [3.63, 3.8) is 0 Å². The second-order valence-electron chi connectivity index (χ2n) is 6.26. The number of amides is 1. The summed E-state index contributed by atoms with van der Waals surface area (Å²) in [5.41, 5.74) is 2.48. The summed E-state index contributed by atoms with van der Waals surface area (Å²) in [6.45, 7) is 4.17. The molecule has 0 atom stereocenters. The van der Waals surface area contributed by atoms with E-state index >= 15 is 0 Å². The zero-order valence-electron chi connectivity index (χ0n) is 15.1. The molecule has 0 radical (unpaired) electrons. The van der Waals surface area contributed by atoms with Gasteiger partial charge in [-0.25, -0.2) is 9.36 Å². The van der Waals surface area contributed by atoms with Gasteiger partial charge in [0.25, 0.3) is 5.56 Å². The number of benzene rings is 1. The first-order valence-corrected chi connectivity index (χ1v) is 8.34. The maximum absolute atomic E-state index is 12.5. The third kappa shape index (κ3) is 3.88. The van der Waals surface area contributed by atoms with Gasteiger partial charge in [-0.3, -0.25) is 9.59 Å². The van der Waals surface area contributed by atoms with Crippen LogP contribution in [0.3, 0.4) is 0 Å². The Morgan fingerprint density at radius 3 is 2.46 bits per heavy atom. The van der Waals surface area contributed by atoms with E-state index in [0.29, 0.717) is 12.4 Å². The van der Waals surface area contributed by atoms with Gasteiger partial charge in [0.2, 0.25) is 5.91 Å². The number of rotatable bonds is 5. The molecule has 1 amide bonds. The number of carbonyl (C=O) groups excluding carboxylic acids is 1. The first kappa shape index (κ1) is 17.6. The van der Waals surface area contributed by atoms with Crippen LogP contribution in [-0.4, -0.2) is 37.4 Å². The molecular weight excluding hydrogens is 330 g/mol. The lowest BCUT2D eigenvalue weighted by molar-refractivity contribution is -0.131. The first-order chi connectivity index (χ1) is 12.4. The van der Waals surface area contributed by atoms with Gasteiger partial charge in [-0.1, -0.05) is 30.3 Å². The van der Waals surface area contributed by atoms with E-state index in [0.717, 1.165) is 17.0 Å². The first-order valence-electron chi connectivity index (χ1n) is 8.34. The van der Waals surface area contributed by atoms with Crippen molar-refractivity contribution in [1.82, 2.24) is 24.5 Å². The van der Waals surface area contributed by atoms with E-state index in [1.54, 1.807) is 22.7 Å². The maximum atomic E-state index is 12.5. The lowest BCUT2D eigenvalue weighted by Gasteiger charge is -2.17. The molecule has 3 rings (SSSR count). The lowest BCUT2D eigenvalue weighted by Crippen LogP contribution is -2.35. The van der Waals surface area contributed by atoms with E-state index in [-0.39, 0.29) is 18.0 Å². The van der Waals surface area contributed by atoms with E-state index < -0.39 is 0 Å². The third-order valence-electron chi connectivity index (χ3n) is 4.05. The van der Waals surface area contributed by atoms with Crippen LogP contribution < -0.4 is 5.56 Å². The summed E-state index contributed by atoms with van der Waals surface area (Å²) < 4.78 is 2.83. The molecular formula is C19H21N5O2. The molecule has 0 aliphatic carbocycles. The van der Waals surface area contributed by atoms with Crippen molar-refractivity contribution in [2.75, 3.05) is 7.05 Å². The predicted molar refractivity (Wildman–Crippen MR) is 98.0 cm³/mol. The highest BCUT2D eigenvalue weighted by Gasteiger charge is 2.13. The molecule has 0 fully saturated rings. The molecule has 7 nitrogen and oxygen atoms in total. The molecule has 0 aliphatic heterocycles. The van der Waals surface area contributed by atoms with Crippen LogP contribution in [0, 0.1) is 13.8 Å². The van der Waals surface area contributed by atoms with Gasteiger partial charge < -0.3 is 4.90 Å². The summed E-state index contributed by atoms with van der Waals surface area (Å²) in [6, 6.07) is 14.6. The highest BCUT2D eigenvalue weighted by molar-refractivity contribution is 5.75. The van der Waals surface area contributed by atoms with Gasteiger partial charge in [0, 0.05) is 25.4 Å². The van der Waals surface area contributed by atoms with Crippen LogP contribution in [0.2, 0.25) is 0 Å². The molecule has 0 bridgehead atoms. The molecule has 3 aromatic rings. The monoisotopic (exact) mass is 351 g/mol. The fourth-order valence-electron chi connectivity index (χ4n) is 2.72. The van der Waals surface area contributed by atoms with Crippen molar-refractivity contribution in [3.05, 3.63) is 75.8 Å². The Morgan fingerprint density at radius 2 is 1.81 bits per heavy atom. The molecule has 0 aliphatic rings. The minimum atomic E-state index is -0.322. The number of carbonyl (C=O) groups is 1. The number of likely N-dealkylation sites (N-methyl/N-ethyl adjacent to an activating group) is 1. The third-order valence-corrected chi connectivity index (χ3v) is 4.05.